The summed E-state index contributed by atoms with van der Waals surface area (Å²) in [4.78, 5) is 6.60. The largest absolute Gasteiger partial charge is 0.379 e. The Kier molecular flexibility index (Phi) is 2.91. The van der Waals surface area contributed by atoms with Crippen LogP contribution < -0.4 is 5.73 Å². The SMILES string of the molecule is CC1COCCN(C(N)=NC2CC2)C1. The molecule has 1 heterocycles. The number of guanidine groups is 1. The summed E-state index contributed by atoms with van der Waals surface area (Å²) in [7, 11) is 0. The normalized spacial score (nSPS) is 30.2. The molecular formula is C10H19N3O. The molecule has 0 radical (unpaired) electrons. The zero-order valence-corrected chi connectivity index (χ0v) is 8.78. The summed E-state index contributed by atoms with van der Waals surface area (Å²) < 4.78 is 5.46. The Labute approximate surface area is 85.1 Å². The molecule has 2 fully saturated rings. The van der Waals surface area contributed by atoms with Gasteiger partial charge < -0.3 is 15.4 Å². The second-order valence-corrected chi connectivity index (χ2v) is 4.34. The Balaban J connectivity index is 1.93. The predicted molar refractivity (Wildman–Crippen MR) is 56.2 cm³/mol. The van der Waals surface area contributed by atoms with Gasteiger partial charge in [-0.15, -0.1) is 0 Å². The molecule has 0 amide bonds. The molecule has 1 saturated carbocycles. The van der Waals surface area contributed by atoms with Crippen LogP contribution in [0.15, 0.2) is 4.99 Å². The molecule has 0 aromatic heterocycles. The molecule has 0 aromatic rings. The molecule has 0 aromatic carbocycles. The van der Waals surface area contributed by atoms with Gasteiger partial charge in [-0.3, -0.25) is 0 Å². The van der Waals surface area contributed by atoms with Gasteiger partial charge in [-0.1, -0.05) is 6.92 Å². The van der Waals surface area contributed by atoms with Gasteiger partial charge in [-0.2, -0.15) is 0 Å². The number of hydrogen-bond donors (Lipinski definition) is 1. The standard InChI is InChI=1S/C10H19N3O/c1-8-6-13(4-5-14-7-8)10(11)12-9-2-3-9/h8-9H,2-7H2,1H3,(H2,11,12). The Hall–Kier alpha value is -0.770. The van der Waals surface area contributed by atoms with Gasteiger partial charge in [-0.05, 0) is 18.8 Å². The maximum Gasteiger partial charge on any atom is 0.191 e. The van der Waals surface area contributed by atoms with Crippen molar-refractivity contribution in [3.8, 4) is 0 Å². The predicted octanol–water partition coefficient (Wildman–Crippen LogP) is 0.432. The van der Waals surface area contributed by atoms with Crippen molar-refractivity contribution in [1.29, 1.82) is 0 Å². The van der Waals surface area contributed by atoms with Gasteiger partial charge in [0, 0.05) is 13.1 Å². The van der Waals surface area contributed by atoms with Crippen LogP contribution in [-0.4, -0.2) is 43.2 Å². The lowest BCUT2D eigenvalue weighted by molar-refractivity contribution is 0.127. The average Bonchev–Trinajstić information content (AvgIpc) is 2.93. The summed E-state index contributed by atoms with van der Waals surface area (Å²) in [5.41, 5.74) is 5.94. The van der Waals surface area contributed by atoms with Crippen LogP contribution in [-0.2, 0) is 4.74 Å². The van der Waals surface area contributed by atoms with Crippen molar-refractivity contribution in [2.24, 2.45) is 16.6 Å². The van der Waals surface area contributed by atoms with E-state index in [1.807, 2.05) is 0 Å². The lowest BCUT2D eigenvalue weighted by Crippen LogP contribution is -2.40. The molecule has 80 valence electrons. The molecule has 2 rings (SSSR count). The molecule has 0 spiro atoms. The van der Waals surface area contributed by atoms with E-state index >= 15 is 0 Å². The van der Waals surface area contributed by atoms with Gasteiger partial charge in [0.2, 0.25) is 0 Å². The number of aliphatic imine (C=N–C) groups is 1. The molecule has 4 nitrogen and oxygen atoms in total. The molecule has 1 saturated heterocycles. The summed E-state index contributed by atoms with van der Waals surface area (Å²) >= 11 is 0. The fraction of sp³-hybridized carbons (Fsp3) is 0.900. The molecule has 1 atom stereocenters. The lowest BCUT2D eigenvalue weighted by atomic mass is 10.2. The number of ether oxygens (including phenoxy) is 1. The van der Waals surface area contributed by atoms with Gasteiger partial charge in [0.1, 0.15) is 0 Å². The maximum atomic E-state index is 5.94. The third-order valence-electron chi connectivity index (χ3n) is 2.63. The van der Waals surface area contributed by atoms with E-state index in [0.29, 0.717) is 17.9 Å². The van der Waals surface area contributed by atoms with Crippen molar-refractivity contribution in [2.45, 2.75) is 25.8 Å². The fourth-order valence-corrected chi connectivity index (χ4v) is 1.66. The first kappa shape index (κ1) is 9.77. The van der Waals surface area contributed by atoms with Gasteiger partial charge in [0.25, 0.3) is 0 Å². The molecule has 2 N–H and O–H groups in total. The Morgan fingerprint density at radius 3 is 3.00 bits per heavy atom. The zero-order valence-electron chi connectivity index (χ0n) is 8.78. The first-order chi connectivity index (χ1) is 6.75. The summed E-state index contributed by atoms with van der Waals surface area (Å²) in [6.07, 6.45) is 2.42. The highest BCUT2D eigenvalue weighted by molar-refractivity contribution is 5.78. The van der Waals surface area contributed by atoms with E-state index in [1.54, 1.807) is 0 Å². The highest BCUT2D eigenvalue weighted by atomic mass is 16.5. The first-order valence-electron chi connectivity index (χ1n) is 5.41. The van der Waals surface area contributed by atoms with E-state index in [-0.39, 0.29) is 0 Å². The van der Waals surface area contributed by atoms with E-state index in [2.05, 4.69) is 16.8 Å². The third-order valence-corrected chi connectivity index (χ3v) is 2.63. The lowest BCUT2D eigenvalue weighted by Gasteiger charge is -2.22. The van der Waals surface area contributed by atoms with Crippen LogP contribution in [0.3, 0.4) is 0 Å². The quantitative estimate of drug-likeness (QED) is 0.490. The van der Waals surface area contributed by atoms with Gasteiger partial charge >= 0.3 is 0 Å². The molecule has 1 unspecified atom stereocenters. The molecular weight excluding hydrogens is 178 g/mol. The van der Waals surface area contributed by atoms with Crippen molar-refractivity contribution in [3.05, 3.63) is 0 Å². The monoisotopic (exact) mass is 197 g/mol. The van der Waals surface area contributed by atoms with Gasteiger partial charge in [0.15, 0.2) is 5.96 Å². The highest BCUT2D eigenvalue weighted by Gasteiger charge is 2.23. The number of nitrogens with zero attached hydrogens (tertiary/aromatic N) is 2. The highest BCUT2D eigenvalue weighted by Crippen LogP contribution is 2.23. The molecule has 14 heavy (non-hydrogen) atoms. The number of nitrogens with two attached hydrogens (primary N) is 1. The van der Waals surface area contributed by atoms with Crippen molar-refractivity contribution in [2.75, 3.05) is 26.3 Å². The van der Waals surface area contributed by atoms with E-state index in [0.717, 1.165) is 26.3 Å². The Morgan fingerprint density at radius 1 is 1.50 bits per heavy atom. The van der Waals surface area contributed by atoms with Gasteiger partial charge in [0.05, 0.1) is 19.3 Å². The van der Waals surface area contributed by atoms with Crippen molar-refractivity contribution in [1.82, 2.24) is 4.90 Å². The van der Waals surface area contributed by atoms with Crippen LogP contribution in [0.4, 0.5) is 0 Å². The summed E-state index contributed by atoms with van der Waals surface area (Å²) in [6, 6.07) is 0.509. The minimum Gasteiger partial charge on any atom is -0.379 e. The second kappa shape index (κ2) is 4.17. The Bertz CT molecular complexity index is 225. The van der Waals surface area contributed by atoms with Crippen LogP contribution >= 0.6 is 0 Å². The molecule has 1 aliphatic carbocycles. The summed E-state index contributed by atoms with van der Waals surface area (Å²) in [6.45, 7) is 5.65. The number of rotatable bonds is 1. The van der Waals surface area contributed by atoms with E-state index in [4.69, 9.17) is 10.5 Å². The topological polar surface area (TPSA) is 50.9 Å². The molecule has 4 heteroatoms. The smallest absolute Gasteiger partial charge is 0.191 e. The van der Waals surface area contributed by atoms with E-state index in [1.165, 1.54) is 12.8 Å². The minimum absolute atomic E-state index is 0.509. The maximum absolute atomic E-state index is 5.94. The fourth-order valence-electron chi connectivity index (χ4n) is 1.66. The Morgan fingerprint density at radius 2 is 2.29 bits per heavy atom. The molecule has 2 aliphatic rings. The molecule has 0 bridgehead atoms. The van der Waals surface area contributed by atoms with Gasteiger partial charge in [-0.25, -0.2) is 4.99 Å². The molecule has 1 aliphatic heterocycles. The average molecular weight is 197 g/mol. The van der Waals surface area contributed by atoms with Crippen molar-refractivity contribution >= 4 is 5.96 Å². The third kappa shape index (κ3) is 2.61. The summed E-state index contributed by atoms with van der Waals surface area (Å²) in [5, 5.41) is 0. The van der Waals surface area contributed by atoms with E-state index < -0.39 is 0 Å². The number of hydrogen-bond acceptors (Lipinski definition) is 2. The summed E-state index contributed by atoms with van der Waals surface area (Å²) in [5.74, 6) is 1.26. The van der Waals surface area contributed by atoms with E-state index in [9.17, 15) is 0 Å². The van der Waals surface area contributed by atoms with Crippen molar-refractivity contribution in [3.63, 3.8) is 0 Å². The van der Waals surface area contributed by atoms with Crippen LogP contribution in [0.25, 0.3) is 0 Å². The van der Waals surface area contributed by atoms with Crippen LogP contribution in [0, 0.1) is 5.92 Å². The zero-order chi connectivity index (χ0) is 9.97. The minimum atomic E-state index is 0.509. The first-order valence-corrected chi connectivity index (χ1v) is 5.41. The van der Waals surface area contributed by atoms with Crippen LogP contribution in [0.2, 0.25) is 0 Å². The van der Waals surface area contributed by atoms with Crippen LogP contribution in [0.5, 0.6) is 0 Å². The second-order valence-electron chi connectivity index (χ2n) is 4.34. The van der Waals surface area contributed by atoms with Crippen LogP contribution in [0.1, 0.15) is 19.8 Å². The van der Waals surface area contributed by atoms with Crippen molar-refractivity contribution < 1.29 is 4.74 Å².